The highest BCUT2D eigenvalue weighted by atomic mass is 32.2. The first-order chi connectivity index (χ1) is 6.79. The first kappa shape index (κ1) is 11.4. The minimum Gasteiger partial charge on any atom is -0.383 e. The zero-order valence-electron chi connectivity index (χ0n) is 7.97. The van der Waals surface area contributed by atoms with Crippen LogP contribution in [0.3, 0.4) is 0 Å². The lowest BCUT2D eigenvalue weighted by molar-refractivity contribution is 0.100. The van der Waals surface area contributed by atoms with Gasteiger partial charge in [-0.3, -0.25) is 4.79 Å². The third-order valence-electron chi connectivity index (χ3n) is 1.52. The minimum atomic E-state index is -3.22. The molecule has 1 amide bonds. The maximum absolute atomic E-state index is 10.9. The Morgan fingerprint density at radius 3 is 2.53 bits per heavy atom. The number of carbonyl (C=O) groups excluding carboxylic acids is 1. The fourth-order valence-corrected chi connectivity index (χ4v) is 1.54. The third kappa shape index (κ3) is 3.17. The molecule has 0 aromatic carbocycles. The van der Waals surface area contributed by atoms with E-state index in [1.165, 1.54) is 0 Å². The van der Waals surface area contributed by atoms with E-state index in [4.69, 9.17) is 11.5 Å². The number of hydrogen-bond donors (Lipinski definition) is 2. The molecule has 15 heavy (non-hydrogen) atoms. The molecule has 0 aliphatic carbocycles. The number of nitrogens with two attached hydrogens (primary N) is 2. The number of anilines is 1. The smallest absolute Gasteiger partial charge is 0.254 e. The molecule has 4 N–H and O–H groups in total. The second-order valence-electron chi connectivity index (χ2n) is 3.02. The number of sulfone groups is 1. The standard InChI is InChI=1S/C7H10N4O3S/c1-15(13,14)3-5-10-2-4(7(9)12)6(8)11-5/h2H,3H2,1H3,(H2,9,12)(H2,8,10,11). The van der Waals surface area contributed by atoms with Gasteiger partial charge in [0.1, 0.15) is 17.4 Å². The largest absolute Gasteiger partial charge is 0.383 e. The van der Waals surface area contributed by atoms with Crippen molar-refractivity contribution in [3.63, 3.8) is 0 Å². The maximum atomic E-state index is 10.9. The van der Waals surface area contributed by atoms with E-state index in [9.17, 15) is 13.2 Å². The molecule has 0 unspecified atom stereocenters. The number of carbonyl (C=O) groups is 1. The monoisotopic (exact) mass is 230 g/mol. The van der Waals surface area contributed by atoms with Crippen LogP contribution >= 0.6 is 0 Å². The number of primary amides is 1. The highest BCUT2D eigenvalue weighted by Crippen LogP contribution is 2.07. The van der Waals surface area contributed by atoms with Crippen molar-refractivity contribution in [2.45, 2.75) is 5.75 Å². The van der Waals surface area contributed by atoms with Crippen LogP contribution < -0.4 is 11.5 Å². The van der Waals surface area contributed by atoms with Crippen molar-refractivity contribution in [2.24, 2.45) is 5.73 Å². The van der Waals surface area contributed by atoms with E-state index in [0.29, 0.717) is 0 Å². The van der Waals surface area contributed by atoms with Crippen LogP contribution in [0.2, 0.25) is 0 Å². The van der Waals surface area contributed by atoms with Crippen molar-refractivity contribution in [1.82, 2.24) is 9.97 Å². The fraction of sp³-hybridized carbons (Fsp3) is 0.286. The van der Waals surface area contributed by atoms with E-state index in [-0.39, 0.29) is 23.0 Å². The Hall–Kier alpha value is -1.70. The van der Waals surface area contributed by atoms with Gasteiger partial charge in [0.05, 0.1) is 5.56 Å². The zero-order valence-corrected chi connectivity index (χ0v) is 8.78. The molecule has 0 saturated heterocycles. The Morgan fingerprint density at radius 1 is 1.53 bits per heavy atom. The van der Waals surface area contributed by atoms with Crippen LogP contribution in [-0.4, -0.2) is 30.5 Å². The van der Waals surface area contributed by atoms with Crippen molar-refractivity contribution in [2.75, 3.05) is 12.0 Å². The van der Waals surface area contributed by atoms with E-state index >= 15 is 0 Å². The molecule has 0 radical (unpaired) electrons. The molecule has 0 fully saturated rings. The minimum absolute atomic E-state index is 0.0211. The highest BCUT2D eigenvalue weighted by molar-refractivity contribution is 7.89. The Labute approximate surface area is 86.4 Å². The van der Waals surface area contributed by atoms with Gasteiger partial charge in [-0.15, -0.1) is 0 Å². The predicted octanol–water partition coefficient (Wildman–Crippen LogP) is -1.30. The van der Waals surface area contributed by atoms with Gasteiger partial charge in [0.15, 0.2) is 9.84 Å². The van der Waals surface area contributed by atoms with E-state index in [1.807, 2.05) is 0 Å². The number of amides is 1. The Morgan fingerprint density at radius 2 is 2.13 bits per heavy atom. The van der Waals surface area contributed by atoms with Gasteiger partial charge >= 0.3 is 0 Å². The van der Waals surface area contributed by atoms with Crippen molar-refractivity contribution < 1.29 is 13.2 Å². The molecule has 0 aliphatic rings. The molecule has 82 valence electrons. The number of nitrogens with zero attached hydrogens (tertiary/aromatic N) is 2. The van der Waals surface area contributed by atoms with Gasteiger partial charge in [-0.2, -0.15) is 0 Å². The number of aromatic nitrogens is 2. The molecular formula is C7H10N4O3S. The molecule has 0 atom stereocenters. The highest BCUT2D eigenvalue weighted by Gasteiger charge is 2.12. The second-order valence-corrected chi connectivity index (χ2v) is 5.16. The molecule has 0 saturated carbocycles. The first-order valence-corrected chi connectivity index (χ1v) is 5.94. The van der Waals surface area contributed by atoms with Crippen molar-refractivity contribution in [3.05, 3.63) is 17.6 Å². The second kappa shape index (κ2) is 3.81. The van der Waals surface area contributed by atoms with Gasteiger partial charge in [-0.05, 0) is 0 Å². The lowest BCUT2D eigenvalue weighted by Crippen LogP contribution is -2.16. The van der Waals surface area contributed by atoms with Gasteiger partial charge in [0, 0.05) is 12.5 Å². The predicted molar refractivity (Wildman–Crippen MR) is 53.5 cm³/mol. The Bertz CT molecular complexity index is 497. The van der Waals surface area contributed by atoms with Crippen LogP contribution in [0.15, 0.2) is 6.20 Å². The van der Waals surface area contributed by atoms with E-state index < -0.39 is 15.7 Å². The Kier molecular flexibility index (Phi) is 2.89. The average Bonchev–Trinajstić information content (AvgIpc) is 1.99. The lowest BCUT2D eigenvalue weighted by Gasteiger charge is -2.02. The molecule has 1 aromatic heterocycles. The van der Waals surface area contributed by atoms with Crippen LogP contribution in [0.5, 0.6) is 0 Å². The summed E-state index contributed by atoms with van der Waals surface area (Å²) in [5, 5.41) is 0. The lowest BCUT2D eigenvalue weighted by atomic mass is 10.3. The summed E-state index contributed by atoms with van der Waals surface area (Å²) in [5.74, 6) is -1.15. The topological polar surface area (TPSA) is 129 Å². The summed E-state index contributed by atoms with van der Waals surface area (Å²) in [6.45, 7) is 0. The van der Waals surface area contributed by atoms with Crippen molar-refractivity contribution in [1.29, 1.82) is 0 Å². The molecule has 1 heterocycles. The zero-order chi connectivity index (χ0) is 11.6. The van der Waals surface area contributed by atoms with E-state index in [1.54, 1.807) is 0 Å². The third-order valence-corrected chi connectivity index (χ3v) is 2.31. The molecule has 1 rings (SSSR count). The van der Waals surface area contributed by atoms with Crippen LogP contribution in [0, 0.1) is 0 Å². The van der Waals surface area contributed by atoms with Crippen molar-refractivity contribution in [3.8, 4) is 0 Å². The molecular weight excluding hydrogens is 220 g/mol. The SMILES string of the molecule is CS(=O)(=O)Cc1ncc(C(N)=O)c(N)n1. The number of nitrogen functional groups attached to an aromatic ring is 1. The quantitative estimate of drug-likeness (QED) is 0.664. The normalized spacial score (nSPS) is 11.3. The molecule has 1 aromatic rings. The molecule has 0 bridgehead atoms. The molecule has 8 heteroatoms. The number of hydrogen-bond acceptors (Lipinski definition) is 6. The van der Waals surface area contributed by atoms with Crippen LogP contribution in [-0.2, 0) is 15.6 Å². The molecule has 0 aliphatic heterocycles. The molecule has 0 spiro atoms. The van der Waals surface area contributed by atoms with Crippen LogP contribution in [0.4, 0.5) is 5.82 Å². The maximum Gasteiger partial charge on any atom is 0.254 e. The summed E-state index contributed by atoms with van der Waals surface area (Å²) in [6, 6.07) is 0. The van der Waals surface area contributed by atoms with Gasteiger partial charge in [0.25, 0.3) is 5.91 Å². The molecule has 7 nitrogen and oxygen atoms in total. The summed E-state index contributed by atoms with van der Waals surface area (Å²) >= 11 is 0. The summed E-state index contributed by atoms with van der Waals surface area (Å²) in [5.41, 5.74) is 10.3. The summed E-state index contributed by atoms with van der Waals surface area (Å²) in [4.78, 5) is 18.1. The fourth-order valence-electron chi connectivity index (χ4n) is 0.927. The van der Waals surface area contributed by atoms with Gasteiger partial charge in [-0.25, -0.2) is 18.4 Å². The van der Waals surface area contributed by atoms with Gasteiger partial charge in [-0.1, -0.05) is 0 Å². The van der Waals surface area contributed by atoms with E-state index in [0.717, 1.165) is 12.5 Å². The average molecular weight is 230 g/mol. The van der Waals surface area contributed by atoms with E-state index in [2.05, 4.69) is 9.97 Å². The first-order valence-electron chi connectivity index (χ1n) is 3.88. The van der Waals surface area contributed by atoms with Gasteiger partial charge < -0.3 is 11.5 Å². The summed E-state index contributed by atoms with van der Waals surface area (Å²) in [7, 11) is -3.22. The Balaban J connectivity index is 3.07. The van der Waals surface area contributed by atoms with Gasteiger partial charge in [0.2, 0.25) is 0 Å². The van der Waals surface area contributed by atoms with Crippen LogP contribution in [0.25, 0.3) is 0 Å². The number of rotatable bonds is 3. The summed E-state index contributed by atoms with van der Waals surface area (Å²) < 4.78 is 21.8. The van der Waals surface area contributed by atoms with Crippen LogP contribution in [0.1, 0.15) is 16.2 Å². The van der Waals surface area contributed by atoms with Crippen molar-refractivity contribution >= 4 is 21.6 Å². The summed E-state index contributed by atoms with van der Waals surface area (Å²) in [6.07, 6.45) is 2.17.